The molecule has 2 atom stereocenters. The van der Waals surface area contributed by atoms with E-state index in [1.807, 2.05) is 24.3 Å². The molecule has 3 rings (SSSR count). The largest absolute Gasteiger partial charge is 0.394 e. The normalized spacial score (nSPS) is 24.2. The maximum absolute atomic E-state index is 12.5. The van der Waals surface area contributed by atoms with E-state index in [4.69, 9.17) is 5.11 Å². The maximum Gasteiger partial charge on any atom is 0.266 e. The summed E-state index contributed by atoms with van der Waals surface area (Å²) < 4.78 is 0. The van der Waals surface area contributed by atoms with Crippen molar-refractivity contribution in [3.05, 3.63) is 29.8 Å². The smallest absolute Gasteiger partial charge is 0.266 e. The van der Waals surface area contributed by atoms with E-state index in [0.717, 1.165) is 30.8 Å². The monoisotopic (exact) mass is 303 g/mol. The molecular weight excluding hydrogens is 282 g/mol. The molecule has 6 nitrogen and oxygen atoms in total. The van der Waals surface area contributed by atoms with Crippen molar-refractivity contribution < 1.29 is 15.0 Å². The highest BCUT2D eigenvalue weighted by atomic mass is 16.3. The predicted molar refractivity (Wildman–Crippen MR) is 83.4 cm³/mol. The van der Waals surface area contributed by atoms with E-state index in [2.05, 4.69) is 15.6 Å². The first-order chi connectivity index (χ1) is 10.7. The van der Waals surface area contributed by atoms with Gasteiger partial charge in [0.1, 0.15) is 5.71 Å². The van der Waals surface area contributed by atoms with Crippen LogP contribution >= 0.6 is 0 Å². The lowest BCUT2D eigenvalue weighted by Crippen LogP contribution is -2.45. The quantitative estimate of drug-likeness (QED) is 0.609. The third kappa shape index (κ3) is 2.54. The lowest BCUT2D eigenvalue weighted by atomic mass is 9.76. The second-order valence-corrected chi connectivity index (χ2v) is 5.87. The standard InChI is InChI=1S/C16H21N3O3/c20-9-11(21)5-7-18-15(22)14-16(6-8-17-10-16)12-3-1-2-4-13(12)19-14/h1-4,11,17,20-21H,5-10H2,(H,18,22)/t11-,16?/m0/s1. The molecule has 4 N–H and O–H groups in total. The van der Waals surface area contributed by atoms with Crippen LogP contribution in [0, 0.1) is 0 Å². The Bertz CT molecular complexity index is 594. The summed E-state index contributed by atoms with van der Waals surface area (Å²) >= 11 is 0. The zero-order valence-corrected chi connectivity index (χ0v) is 12.4. The van der Waals surface area contributed by atoms with Crippen molar-refractivity contribution in [1.82, 2.24) is 10.6 Å². The van der Waals surface area contributed by atoms with Gasteiger partial charge >= 0.3 is 0 Å². The SMILES string of the molecule is O=C(NCC[C@H](O)CO)C1=Nc2ccccc2C12CCNC2. The van der Waals surface area contributed by atoms with Crippen LogP contribution in [0.5, 0.6) is 0 Å². The van der Waals surface area contributed by atoms with Gasteiger partial charge in [0.15, 0.2) is 0 Å². The van der Waals surface area contributed by atoms with Crippen LogP contribution in [-0.4, -0.2) is 54.2 Å². The summed E-state index contributed by atoms with van der Waals surface area (Å²) in [5.74, 6) is -0.190. The molecule has 1 fully saturated rings. The van der Waals surface area contributed by atoms with Crippen LogP contribution in [-0.2, 0) is 10.2 Å². The summed E-state index contributed by atoms with van der Waals surface area (Å²) in [6.07, 6.45) is 0.383. The fraction of sp³-hybridized carbons (Fsp3) is 0.500. The number of hydrogen-bond acceptors (Lipinski definition) is 5. The van der Waals surface area contributed by atoms with Crippen LogP contribution in [0.2, 0.25) is 0 Å². The third-order valence-electron chi connectivity index (χ3n) is 4.45. The van der Waals surface area contributed by atoms with Gasteiger partial charge in [0, 0.05) is 13.1 Å². The fourth-order valence-electron chi connectivity index (χ4n) is 3.25. The molecule has 118 valence electrons. The number of rotatable bonds is 5. The van der Waals surface area contributed by atoms with Crippen LogP contribution in [0.3, 0.4) is 0 Å². The molecule has 0 aliphatic carbocycles. The molecule has 0 saturated carbocycles. The molecule has 1 saturated heterocycles. The molecule has 1 aromatic carbocycles. The maximum atomic E-state index is 12.5. The van der Waals surface area contributed by atoms with E-state index >= 15 is 0 Å². The summed E-state index contributed by atoms with van der Waals surface area (Å²) in [5.41, 5.74) is 2.19. The van der Waals surface area contributed by atoms with Gasteiger partial charge in [-0.2, -0.15) is 0 Å². The first kappa shape index (κ1) is 15.1. The number of nitrogens with zero attached hydrogens (tertiary/aromatic N) is 1. The average molecular weight is 303 g/mol. The third-order valence-corrected chi connectivity index (χ3v) is 4.45. The molecule has 0 bridgehead atoms. The lowest BCUT2D eigenvalue weighted by molar-refractivity contribution is -0.115. The van der Waals surface area contributed by atoms with Crippen molar-refractivity contribution in [3.63, 3.8) is 0 Å². The van der Waals surface area contributed by atoms with Gasteiger partial charge in [-0.25, -0.2) is 4.99 Å². The van der Waals surface area contributed by atoms with Gasteiger partial charge in [-0.3, -0.25) is 4.79 Å². The molecule has 2 heterocycles. The minimum atomic E-state index is -0.801. The Morgan fingerprint density at radius 1 is 1.45 bits per heavy atom. The topological polar surface area (TPSA) is 94.0 Å². The Morgan fingerprint density at radius 3 is 3.00 bits per heavy atom. The molecule has 22 heavy (non-hydrogen) atoms. The van der Waals surface area contributed by atoms with Crippen molar-refractivity contribution in [2.24, 2.45) is 4.99 Å². The van der Waals surface area contributed by atoms with Gasteiger partial charge in [-0.05, 0) is 31.0 Å². The van der Waals surface area contributed by atoms with Crippen molar-refractivity contribution in [2.75, 3.05) is 26.2 Å². The van der Waals surface area contributed by atoms with E-state index in [-0.39, 0.29) is 17.9 Å². The number of carbonyl (C=O) groups is 1. The lowest BCUT2D eigenvalue weighted by Gasteiger charge is -2.25. The average Bonchev–Trinajstić information content (AvgIpc) is 3.14. The molecule has 1 amide bonds. The molecule has 0 radical (unpaired) electrons. The second kappa shape index (κ2) is 6.16. The number of aliphatic hydroxyl groups is 2. The van der Waals surface area contributed by atoms with Crippen LogP contribution in [0.15, 0.2) is 29.3 Å². The Hall–Kier alpha value is -1.76. The fourth-order valence-corrected chi connectivity index (χ4v) is 3.25. The number of aliphatic imine (C=N–C) groups is 1. The number of hydrogen-bond donors (Lipinski definition) is 4. The van der Waals surface area contributed by atoms with Crippen LogP contribution < -0.4 is 10.6 Å². The summed E-state index contributed by atoms with van der Waals surface area (Å²) in [7, 11) is 0. The number of aliphatic hydroxyl groups excluding tert-OH is 2. The summed E-state index contributed by atoms with van der Waals surface area (Å²) in [4.78, 5) is 17.1. The number of amides is 1. The highest BCUT2D eigenvalue weighted by Gasteiger charge is 2.48. The van der Waals surface area contributed by atoms with Crippen molar-refractivity contribution in [2.45, 2.75) is 24.4 Å². The van der Waals surface area contributed by atoms with Gasteiger partial charge < -0.3 is 20.8 Å². The Balaban J connectivity index is 1.77. The number of fused-ring (bicyclic) bond motifs is 2. The first-order valence-corrected chi connectivity index (χ1v) is 7.64. The van der Waals surface area contributed by atoms with Crippen molar-refractivity contribution in [3.8, 4) is 0 Å². The predicted octanol–water partition coefficient (Wildman–Crippen LogP) is -0.137. The molecule has 2 aliphatic rings. The summed E-state index contributed by atoms with van der Waals surface area (Å²) in [5, 5.41) is 24.3. The van der Waals surface area contributed by atoms with Gasteiger partial charge in [0.2, 0.25) is 0 Å². The molecule has 2 aliphatic heterocycles. The zero-order valence-electron chi connectivity index (χ0n) is 12.4. The zero-order chi connectivity index (χ0) is 15.6. The highest BCUT2D eigenvalue weighted by Crippen LogP contribution is 2.43. The highest BCUT2D eigenvalue weighted by molar-refractivity contribution is 6.44. The Kier molecular flexibility index (Phi) is 4.24. The number of benzene rings is 1. The molecule has 1 unspecified atom stereocenters. The molecular formula is C16H21N3O3. The number of nitrogens with one attached hydrogen (secondary N) is 2. The second-order valence-electron chi connectivity index (χ2n) is 5.87. The van der Waals surface area contributed by atoms with E-state index < -0.39 is 6.10 Å². The molecule has 1 spiro atoms. The molecule has 1 aromatic rings. The van der Waals surface area contributed by atoms with E-state index in [9.17, 15) is 9.90 Å². The van der Waals surface area contributed by atoms with Crippen LogP contribution in [0.1, 0.15) is 18.4 Å². The minimum Gasteiger partial charge on any atom is -0.394 e. The van der Waals surface area contributed by atoms with E-state index in [1.54, 1.807) is 0 Å². The van der Waals surface area contributed by atoms with E-state index in [0.29, 0.717) is 18.7 Å². The Morgan fingerprint density at radius 2 is 2.27 bits per heavy atom. The van der Waals surface area contributed by atoms with Crippen LogP contribution in [0.4, 0.5) is 5.69 Å². The van der Waals surface area contributed by atoms with Gasteiger partial charge in [-0.1, -0.05) is 18.2 Å². The van der Waals surface area contributed by atoms with Crippen molar-refractivity contribution >= 4 is 17.3 Å². The van der Waals surface area contributed by atoms with Gasteiger partial charge in [0.05, 0.1) is 23.8 Å². The van der Waals surface area contributed by atoms with Gasteiger partial charge in [-0.15, -0.1) is 0 Å². The van der Waals surface area contributed by atoms with Crippen molar-refractivity contribution in [1.29, 1.82) is 0 Å². The summed E-state index contributed by atoms with van der Waals surface area (Å²) in [6, 6.07) is 7.89. The Labute approximate surface area is 129 Å². The van der Waals surface area contributed by atoms with Gasteiger partial charge in [0.25, 0.3) is 5.91 Å². The molecule has 0 aromatic heterocycles. The summed E-state index contributed by atoms with van der Waals surface area (Å²) in [6.45, 7) is 1.61. The van der Waals surface area contributed by atoms with E-state index in [1.165, 1.54) is 0 Å². The minimum absolute atomic E-state index is 0.190. The number of carbonyl (C=O) groups excluding carboxylic acids is 1. The van der Waals surface area contributed by atoms with Crippen LogP contribution in [0.25, 0.3) is 0 Å². The first-order valence-electron chi connectivity index (χ1n) is 7.64. The molecule has 6 heteroatoms. The number of para-hydroxylation sites is 1.